The van der Waals surface area contributed by atoms with Gasteiger partial charge in [0.1, 0.15) is 10.5 Å². The Kier molecular flexibility index (Phi) is 3.83. The number of nitrogens with one attached hydrogen (secondary N) is 1. The lowest BCUT2D eigenvalue weighted by Gasteiger charge is -2.20. The van der Waals surface area contributed by atoms with E-state index < -0.39 is 0 Å². The summed E-state index contributed by atoms with van der Waals surface area (Å²) in [6, 6.07) is 6.36. The molecule has 3 heteroatoms. The van der Waals surface area contributed by atoms with Gasteiger partial charge in [0.15, 0.2) is 0 Å². The minimum Gasteiger partial charge on any atom is -0.342 e. The number of H-pyrrole nitrogens is 1. The summed E-state index contributed by atoms with van der Waals surface area (Å²) >= 11 is 5.44. The molecule has 1 heterocycles. The molecule has 0 saturated heterocycles. The Hall–Kier alpha value is -1.48. The minimum atomic E-state index is -0.0479. The zero-order chi connectivity index (χ0) is 15.1. The van der Waals surface area contributed by atoms with Crippen molar-refractivity contribution in [2.45, 2.75) is 47.0 Å². The highest BCUT2D eigenvalue weighted by Crippen LogP contribution is 2.29. The van der Waals surface area contributed by atoms with Gasteiger partial charge in [-0.05, 0) is 31.9 Å². The van der Waals surface area contributed by atoms with E-state index in [0.717, 1.165) is 17.1 Å². The second-order valence-electron chi connectivity index (χ2n) is 6.39. The van der Waals surface area contributed by atoms with E-state index in [1.807, 2.05) is 6.92 Å². The molecule has 2 rings (SSSR count). The number of aromatic nitrogens is 2. The lowest BCUT2D eigenvalue weighted by atomic mass is 9.94. The number of rotatable bonds is 1. The molecule has 0 bridgehead atoms. The average Bonchev–Trinajstić information content (AvgIpc) is 2.35. The Morgan fingerprint density at radius 1 is 1.05 bits per heavy atom. The molecule has 0 aliphatic rings. The molecule has 20 heavy (non-hydrogen) atoms. The predicted octanol–water partition coefficient (Wildman–Crippen LogP) is 5.03. The van der Waals surface area contributed by atoms with E-state index in [4.69, 9.17) is 12.2 Å². The maximum absolute atomic E-state index is 5.44. The van der Waals surface area contributed by atoms with Crippen LogP contribution in [0.15, 0.2) is 18.2 Å². The van der Waals surface area contributed by atoms with Crippen LogP contribution in [0.2, 0.25) is 0 Å². The number of nitrogens with zero attached hydrogens (tertiary/aromatic N) is 1. The van der Waals surface area contributed by atoms with Gasteiger partial charge in [-0.15, -0.1) is 0 Å². The number of hydrogen-bond donors (Lipinski definition) is 1. The Balaban J connectivity index is 2.77. The Bertz CT molecular complexity index is 706. The van der Waals surface area contributed by atoms with Crippen LogP contribution in [0.4, 0.5) is 0 Å². The first-order chi connectivity index (χ1) is 9.21. The molecule has 1 aromatic heterocycles. The fraction of sp³-hybridized carbons (Fsp3) is 0.412. The first-order valence-corrected chi connectivity index (χ1v) is 7.30. The maximum atomic E-state index is 5.44. The molecule has 1 aromatic carbocycles. The van der Waals surface area contributed by atoms with Crippen molar-refractivity contribution in [3.63, 3.8) is 0 Å². The topological polar surface area (TPSA) is 28.7 Å². The molecule has 2 nitrogen and oxygen atoms in total. The van der Waals surface area contributed by atoms with E-state index in [9.17, 15) is 0 Å². The Morgan fingerprint density at radius 3 is 2.30 bits per heavy atom. The largest absolute Gasteiger partial charge is 0.342 e. The summed E-state index contributed by atoms with van der Waals surface area (Å²) in [6.07, 6.45) is 0. The second-order valence-corrected chi connectivity index (χ2v) is 6.77. The van der Waals surface area contributed by atoms with Crippen molar-refractivity contribution in [1.29, 1.82) is 0 Å². The van der Waals surface area contributed by atoms with Crippen molar-refractivity contribution in [1.82, 2.24) is 9.97 Å². The first-order valence-electron chi connectivity index (χ1n) is 6.90. The summed E-state index contributed by atoms with van der Waals surface area (Å²) in [5.41, 5.74) is 5.87. The van der Waals surface area contributed by atoms with Gasteiger partial charge in [-0.25, -0.2) is 4.98 Å². The van der Waals surface area contributed by atoms with Crippen molar-refractivity contribution in [2.75, 3.05) is 0 Å². The van der Waals surface area contributed by atoms with Gasteiger partial charge >= 0.3 is 0 Å². The van der Waals surface area contributed by atoms with Crippen LogP contribution in [-0.2, 0) is 5.41 Å². The number of aryl methyl sites for hydroxylation is 1. The smallest absolute Gasteiger partial charge is 0.133 e. The normalized spacial score (nSPS) is 11.7. The van der Waals surface area contributed by atoms with E-state index in [2.05, 4.69) is 62.8 Å². The minimum absolute atomic E-state index is 0.0479. The molecule has 0 fully saturated rings. The SMILES string of the molecule is Cc1cccc(-c2[nH]c(C(C)(C)C)nc(=S)c2C)c1C. The Labute approximate surface area is 126 Å². The van der Waals surface area contributed by atoms with Gasteiger partial charge < -0.3 is 4.98 Å². The number of aromatic amines is 1. The van der Waals surface area contributed by atoms with Gasteiger partial charge in [0, 0.05) is 16.5 Å². The summed E-state index contributed by atoms with van der Waals surface area (Å²) in [4.78, 5) is 8.04. The van der Waals surface area contributed by atoms with Gasteiger partial charge in [-0.2, -0.15) is 0 Å². The maximum Gasteiger partial charge on any atom is 0.133 e. The predicted molar refractivity (Wildman–Crippen MR) is 87.8 cm³/mol. The molecule has 1 N–H and O–H groups in total. The van der Waals surface area contributed by atoms with Crippen molar-refractivity contribution in [3.8, 4) is 11.3 Å². The quantitative estimate of drug-likeness (QED) is 0.745. The van der Waals surface area contributed by atoms with Crippen molar-refractivity contribution in [2.24, 2.45) is 0 Å². The van der Waals surface area contributed by atoms with E-state index in [-0.39, 0.29) is 5.41 Å². The van der Waals surface area contributed by atoms with E-state index in [0.29, 0.717) is 4.64 Å². The third-order valence-electron chi connectivity index (χ3n) is 3.74. The van der Waals surface area contributed by atoms with E-state index in [1.165, 1.54) is 16.7 Å². The van der Waals surface area contributed by atoms with E-state index >= 15 is 0 Å². The monoisotopic (exact) mass is 286 g/mol. The number of benzene rings is 1. The molecular weight excluding hydrogens is 264 g/mol. The third-order valence-corrected chi connectivity index (χ3v) is 4.13. The lowest BCUT2D eigenvalue weighted by Crippen LogP contribution is -2.17. The van der Waals surface area contributed by atoms with Crippen LogP contribution in [0.25, 0.3) is 11.3 Å². The molecular formula is C17H22N2S. The molecule has 0 unspecified atom stereocenters. The van der Waals surface area contributed by atoms with Crippen LogP contribution in [0, 0.1) is 25.4 Å². The highest BCUT2D eigenvalue weighted by atomic mass is 32.1. The van der Waals surface area contributed by atoms with Crippen LogP contribution >= 0.6 is 12.2 Å². The van der Waals surface area contributed by atoms with Crippen LogP contribution in [-0.4, -0.2) is 9.97 Å². The number of hydrogen-bond acceptors (Lipinski definition) is 2. The van der Waals surface area contributed by atoms with Crippen LogP contribution in [0.5, 0.6) is 0 Å². The van der Waals surface area contributed by atoms with E-state index in [1.54, 1.807) is 0 Å². The summed E-state index contributed by atoms with van der Waals surface area (Å²) < 4.78 is 0.685. The molecule has 0 saturated carbocycles. The van der Waals surface area contributed by atoms with Gasteiger partial charge in [-0.3, -0.25) is 0 Å². The summed E-state index contributed by atoms with van der Waals surface area (Å²) in [6.45, 7) is 12.7. The molecule has 2 aromatic rings. The molecule has 0 spiro atoms. The molecule has 0 aliphatic heterocycles. The van der Waals surface area contributed by atoms with Gasteiger partial charge in [0.2, 0.25) is 0 Å². The van der Waals surface area contributed by atoms with Crippen molar-refractivity contribution in [3.05, 3.63) is 45.4 Å². The molecule has 0 amide bonds. The van der Waals surface area contributed by atoms with Crippen molar-refractivity contribution >= 4 is 12.2 Å². The molecule has 0 radical (unpaired) electrons. The fourth-order valence-corrected chi connectivity index (χ4v) is 2.37. The zero-order valence-electron chi connectivity index (χ0n) is 13.1. The summed E-state index contributed by atoms with van der Waals surface area (Å²) in [5.74, 6) is 0.934. The highest BCUT2D eigenvalue weighted by molar-refractivity contribution is 7.71. The lowest BCUT2D eigenvalue weighted by molar-refractivity contribution is 0.544. The second kappa shape index (κ2) is 5.13. The molecule has 0 atom stereocenters. The molecule has 0 aliphatic carbocycles. The fourth-order valence-electron chi connectivity index (χ4n) is 2.18. The van der Waals surface area contributed by atoms with Crippen LogP contribution < -0.4 is 0 Å². The Morgan fingerprint density at radius 2 is 1.70 bits per heavy atom. The molecule has 106 valence electrons. The third kappa shape index (κ3) is 2.68. The van der Waals surface area contributed by atoms with Crippen LogP contribution in [0.3, 0.4) is 0 Å². The van der Waals surface area contributed by atoms with Crippen LogP contribution in [0.1, 0.15) is 43.3 Å². The average molecular weight is 286 g/mol. The zero-order valence-corrected chi connectivity index (χ0v) is 13.9. The van der Waals surface area contributed by atoms with Crippen molar-refractivity contribution < 1.29 is 0 Å². The summed E-state index contributed by atoms with van der Waals surface area (Å²) in [7, 11) is 0. The first kappa shape index (κ1) is 14.9. The summed E-state index contributed by atoms with van der Waals surface area (Å²) in [5, 5.41) is 0. The standard InChI is InChI=1S/C17H22N2S/c1-10-8-7-9-13(11(10)2)14-12(3)15(20)19-16(18-14)17(4,5)6/h7-9H,1-6H3,(H,18,19,20). The highest BCUT2D eigenvalue weighted by Gasteiger charge is 2.19. The van der Waals surface area contributed by atoms with Gasteiger partial charge in [0.05, 0.1) is 5.69 Å². The van der Waals surface area contributed by atoms with Gasteiger partial charge in [0.25, 0.3) is 0 Å². The van der Waals surface area contributed by atoms with Gasteiger partial charge in [-0.1, -0.05) is 51.2 Å².